The first-order valence-electron chi connectivity index (χ1n) is 6.84. The van der Waals surface area contributed by atoms with Crippen LogP contribution in [0, 0.1) is 12.7 Å². The molecule has 0 amide bonds. The second-order valence-corrected chi connectivity index (χ2v) is 5.67. The molecular formula is C15H24FN3. The van der Waals surface area contributed by atoms with Crippen LogP contribution in [0.5, 0.6) is 0 Å². The highest BCUT2D eigenvalue weighted by molar-refractivity contribution is 5.28. The maximum Gasteiger partial charge on any atom is 0.126 e. The molecule has 0 spiro atoms. The number of piperazine rings is 1. The highest BCUT2D eigenvalue weighted by atomic mass is 19.1. The number of benzene rings is 1. The van der Waals surface area contributed by atoms with Crippen LogP contribution in [0.3, 0.4) is 0 Å². The van der Waals surface area contributed by atoms with Crippen LogP contribution in [0.15, 0.2) is 18.2 Å². The van der Waals surface area contributed by atoms with Gasteiger partial charge in [0, 0.05) is 25.7 Å². The normalized spacial score (nSPS) is 22.7. The molecule has 1 aliphatic heterocycles. The Labute approximate surface area is 115 Å². The van der Waals surface area contributed by atoms with Crippen LogP contribution in [-0.2, 0) is 0 Å². The summed E-state index contributed by atoms with van der Waals surface area (Å²) in [5.41, 5.74) is 1.90. The molecular weight excluding hydrogens is 241 g/mol. The number of likely N-dealkylation sites (N-methyl/N-ethyl adjacent to an activating group) is 2. The fourth-order valence-electron chi connectivity index (χ4n) is 2.90. The lowest BCUT2D eigenvalue weighted by Crippen LogP contribution is -2.54. The van der Waals surface area contributed by atoms with Crippen molar-refractivity contribution in [3.05, 3.63) is 35.1 Å². The minimum atomic E-state index is -0.128. The third-order valence-electron chi connectivity index (χ3n) is 4.01. The minimum Gasteiger partial charge on any atom is -0.314 e. The third-order valence-corrected chi connectivity index (χ3v) is 4.01. The summed E-state index contributed by atoms with van der Waals surface area (Å²) < 4.78 is 13.4. The molecule has 0 bridgehead atoms. The zero-order valence-corrected chi connectivity index (χ0v) is 12.3. The summed E-state index contributed by atoms with van der Waals surface area (Å²) in [6.45, 7) is 4.88. The first-order valence-corrected chi connectivity index (χ1v) is 6.84. The zero-order chi connectivity index (χ0) is 14.0. The lowest BCUT2D eigenvalue weighted by molar-refractivity contribution is 0.107. The van der Waals surface area contributed by atoms with Crippen LogP contribution in [0.2, 0.25) is 0 Å². The number of nitrogens with zero attached hydrogens (tertiary/aromatic N) is 2. The standard InChI is InChI=1S/C15H24FN3/c1-11-9-12(5-6-13(11)16)15(18(2)3)14-10-17-7-8-19(14)4/h5-6,9,14-15,17H,7-8,10H2,1-4H3. The molecule has 2 atom stereocenters. The van der Waals surface area contributed by atoms with E-state index in [1.807, 2.05) is 19.1 Å². The van der Waals surface area contributed by atoms with Gasteiger partial charge in [0.1, 0.15) is 5.82 Å². The van der Waals surface area contributed by atoms with Crippen molar-refractivity contribution in [2.45, 2.75) is 19.0 Å². The van der Waals surface area contributed by atoms with Gasteiger partial charge in [-0.25, -0.2) is 4.39 Å². The minimum absolute atomic E-state index is 0.128. The number of halogens is 1. The van der Waals surface area contributed by atoms with Crippen LogP contribution in [0.4, 0.5) is 4.39 Å². The SMILES string of the molecule is Cc1cc(C(C2CNCCN2C)N(C)C)ccc1F. The van der Waals surface area contributed by atoms with Crippen molar-refractivity contribution in [3.8, 4) is 0 Å². The quantitative estimate of drug-likeness (QED) is 0.896. The number of hydrogen-bond donors (Lipinski definition) is 1. The van der Waals surface area contributed by atoms with E-state index >= 15 is 0 Å². The van der Waals surface area contributed by atoms with Crippen LogP contribution >= 0.6 is 0 Å². The summed E-state index contributed by atoms with van der Waals surface area (Å²) in [5, 5.41) is 3.45. The van der Waals surface area contributed by atoms with E-state index in [-0.39, 0.29) is 11.9 Å². The largest absolute Gasteiger partial charge is 0.314 e. The molecule has 4 heteroatoms. The average Bonchev–Trinajstić information content (AvgIpc) is 2.36. The summed E-state index contributed by atoms with van der Waals surface area (Å²) in [5.74, 6) is -0.128. The van der Waals surface area contributed by atoms with E-state index in [1.165, 1.54) is 5.56 Å². The molecule has 1 aromatic carbocycles. The van der Waals surface area contributed by atoms with E-state index in [0.29, 0.717) is 6.04 Å². The lowest BCUT2D eigenvalue weighted by atomic mass is 9.94. The van der Waals surface area contributed by atoms with Crippen molar-refractivity contribution in [1.29, 1.82) is 0 Å². The Hall–Kier alpha value is -0.970. The number of nitrogens with one attached hydrogen (secondary N) is 1. The molecule has 1 N–H and O–H groups in total. The predicted octanol–water partition coefficient (Wildman–Crippen LogP) is 1.64. The molecule has 3 nitrogen and oxygen atoms in total. The Morgan fingerprint density at radius 3 is 2.74 bits per heavy atom. The fourth-order valence-corrected chi connectivity index (χ4v) is 2.90. The Morgan fingerprint density at radius 1 is 1.42 bits per heavy atom. The highest BCUT2D eigenvalue weighted by Crippen LogP contribution is 2.27. The summed E-state index contributed by atoms with van der Waals surface area (Å²) in [7, 11) is 6.34. The van der Waals surface area contributed by atoms with Gasteiger partial charge in [-0.1, -0.05) is 12.1 Å². The van der Waals surface area contributed by atoms with Crippen molar-refractivity contribution < 1.29 is 4.39 Å². The average molecular weight is 265 g/mol. The van der Waals surface area contributed by atoms with Gasteiger partial charge < -0.3 is 10.2 Å². The number of hydrogen-bond acceptors (Lipinski definition) is 3. The second-order valence-electron chi connectivity index (χ2n) is 5.67. The first kappa shape index (κ1) is 14.4. The van der Waals surface area contributed by atoms with Crippen LogP contribution in [0.1, 0.15) is 17.2 Å². The van der Waals surface area contributed by atoms with Gasteiger partial charge >= 0.3 is 0 Å². The molecule has 106 valence electrons. The molecule has 1 heterocycles. The summed E-state index contributed by atoms with van der Waals surface area (Å²) in [6, 6.07) is 6.15. The smallest absolute Gasteiger partial charge is 0.126 e. The maximum absolute atomic E-state index is 13.4. The van der Waals surface area contributed by atoms with Crippen molar-refractivity contribution in [3.63, 3.8) is 0 Å². The molecule has 0 aliphatic carbocycles. The monoisotopic (exact) mass is 265 g/mol. The Morgan fingerprint density at radius 2 is 2.16 bits per heavy atom. The third kappa shape index (κ3) is 3.14. The van der Waals surface area contributed by atoms with Crippen LogP contribution in [0.25, 0.3) is 0 Å². The zero-order valence-electron chi connectivity index (χ0n) is 12.3. The Balaban J connectivity index is 2.31. The van der Waals surface area contributed by atoms with E-state index in [4.69, 9.17) is 0 Å². The molecule has 1 aromatic rings. The molecule has 1 saturated heterocycles. The predicted molar refractivity (Wildman–Crippen MR) is 76.9 cm³/mol. The van der Waals surface area contributed by atoms with Crippen LogP contribution in [-0.4, -0.2) is 56.6 Å². The van der Waals surface area contributed by atoms with E-state index in [1.54, 1.807) is 6.07 Å². The highest BCUT2D eigenvalue weighted by Gasteiger charge is 2.30. The molecule has 19 heavy (non-hydrogen) atoms. The summed E-state index contributed by atoms with van der Waals surface area (Å²) in [4.78, 5) is 4.61. The van der Waals surface area contributed by atoms with E-state index in [9.17, 15) is 4.39 Å². The van der Waals surface area contributed by atoms with Gasteiger partial charge in [-0.05, 0) is 45.3 Å². The van der Waals surface area contributed by atoms with Gasteiger partial charge in [-0.15, -0.1) is 0 Å². The van der Waals surface area contributed by atoms with Crippen molar-refractivity contribution in [2.24, 2.45) is 0 Å². The molecule has 1 aliphatic rings. The Kier molecular flexibility index (Phi) is 4.55. The molecule has 1 fully saturated rings. The van der Waals surface area contributed by atoms with Crippen LogP contribution < -0.4 is 5.32 Å². The van der Waals surface area contributed by atoms with Crippen molar-refractivity contribution >= 4 is 0 Å². The van der Waals surface area contributed by atoms with Gasteiger partial charge in [-0.2, -0.15) is 0 Å². The van der Waals surface area contributed by atoms with Crippen molar-refractivity contribution in [2.75, 3.05) is 40.8 Å². The van der Waals surface area contributed by atoms with Crippen molar-refractivity contribution in [1.82, 2.24) is 15.1 Å². The fraction of sp³-hybridized carbons (Fsp3) is 0.600. The van der Waals surface area contributed by atoms with E-state index in [0.717, 1.165) is 25.2 Å². The lowest BCUT2D eigenvalue weighted by Gasteiger charge is -2.41. The Bertz CT molecular complexity index is 433. The summed E-state index contributed by atoms with van der Waals surface area (Å²) in [6.07, 6.45) is 0. The van der Waals surface area contributed by atoms with Gasteiger partial charge in [0.25, 0.3) is 0 Å². The van der Waals surface area contributed by atoms with Gasteiger partial charge in [0.2, 0.25) is 0 Å². The van der Waals surface area contributed by atoms with E-state index < -0.39 is 0 Å². The summed E-state index contributed by atoms with van der Waals surface area (Å²) >= 11 is 0. The van der Waals surface area contributed by atoms with Gasteiger partial charge in [0.05, 0.1) is 6.04 Å². The molecule has 0 saturated carbocycles. The molecule has 2 rings (SSSR count). The molecule has 2 unspecified atom stereocenters. The van der Waals surface area contributed by atoms with Gasteiger partial charge in [-0.3, -0.25) is 4.90 Å². The first-order chi connectivity index (χ1) is 9.00. The number of rotatable bonds is 3. The van der Waals surface area contributed by atoms with E-state index in [2.05, 4.69) is 36.3 Å². The van der Waals surface area contributed by atoms with Gasteiger partial charge in [0.15, 0.2) is 0 Å². The molecule has 0 radical (unpaired) electrons. The maximum atomic E-state index is 13.4. The molecule has 0 aromatic heterocycles. The second kappa shape index (κ2) is 5.99. The topological polar surface area (TPSA) is 18.5 Å². The number of aryl methyl sites for hydroxylation is 1.